The highest BCUT2D eigenvalue weighted by molar-refractivity contribution is 7.84. The van der Waals surface area contributed by atoms with Gasteiger partial charge in [0.2, 0.25) is 0 Å². The summed E-state index contributed by atoms with van der Waals surface area (Å²) in [5.74, 6) is 2.43. The number of fused-ring (bicyclic) bond motifs is 1. The number of amides is 1. The monoisotopic (exact) mass is 584 g/mol. The molecule has 218 valence electrons. The van der Waals surface area contributed by atoms with Gasteiger partial charge < -0.3 is 9.64 Å². The van der Waals surface area contributed by atoms with E-state index in [0.29, 0.717) is 29.9 Å². The van der Waals surface area contributed by atoms with Crippen molar-refractivity contribution in [3.05, 3.63) is 70.3 Å². The standard InChI is InChI=1S/C33H45ClN2O3S/c1-6-8-10-23(5)29-14-11-26(29)19-36-20-27(30-15-13-28(34)17-24(30)9-7-2)21-39-32-16-12-25(18-31(32)36)33(37)35-40(38)22(3)4/h8,10,12-13,15-18,22-23,26-27,29H,6-7,9,11,14,19-21H2,1-5H3,(H,35,37)/b10-8+. The molecule has 0 bridgehead atoms. The van der Waals surface area contributed by atoms with Crippen LogP contribution in [0.25, 0.3) is 0 Å². The average Bonchev–Trinajstić information content (AvgIpc) is 3.09. The highest BCUT2D eigenvalue weighted by Gasteiger charge is 2.37. The fraction of sp³-hybridized carbons (Fsp3) is 0.545. The Bertz CT molecular complexity index is 1230. The zero-order chi connectivity index (χ0) is 28.8. The number of anilines is 1. The third kappa shape index (κ3) is 7.30. The molecule has 1 amide bonds. The second-order valence-electron chi connectivity index (χ2n) is 11.7. The SMILES string of the molecule is CC/C=C/C(C)C1CCC1CN1CC(c2ccc(Cl)cc2CCC)COc2ccc(C(=O)NS(=O)C(C)C)cc21. The largest absolute Gasteiger partial charge is 0.491 e. The first-order chi connectivity index (χ1) is 19.2. The summed E-state index contributed by atoms with van der Waals surface area (Å²) in [7, 11) is -1.43. The highest BCUT2D eigenvalue weighted by Crippen LogP contribution is 2.44. The van der Waals surface area contributed by atoms with Gasteiger partial charge in [-0.3, -0.25) is 9.52 Å². The van der Waals surface area contributed by atoms with Crippen molar-refractivity contribution in [3.63, 3.8) is 0 Å². The van der Waals surface area contributed by atoms with E-state index in [1.165, 1.54) is 24.0 Å². The molecule has 0 saturated heterocycles. The summed E-state index contributed by atoms with van der Waals surface area (Å²) in [5.41, 5.74) is 4.02. The number of carbonyl (C=O) groups is 1. The molecule has 40 heavy (non-hydrogen) atoms. The average molecular weight is 585 g/mol. The first kappa shape index (κ1) is 30.6. The zero-order valence-corrected chi connectivity index (χ0v) is 26.2. The number of hydrogen-bond donors (Lipinski definition) is 1. The fourth-order valence-electron chi connectivity index (χ4n) is 6.01. The predicted octanol–water partition coefficient (Wildman–Crippen LogP) is 7.71. The summed E-state index contributed by atoms with van der Waals surface area (Å²) in [6.45, 7) is 12.7. The van der Waals surface area contributed by atoms with Crippen LogP contribution in [0.4, 0.5) is 5.69 Å². The van der Waals surface area contributed by atoms with Crippen molar-refractivity contribution in [2.24, 2.45) is 17.8 Å². The van der Waals surface area contributed by atoms with Crippen LogP contribution < -0.4 is 14.4 Å². The van der Waals surface area contributed by atoms with E-state index in [2.05, 4.69) is 54.7 Å². The van der Waals surface area contributed by atoms with Gasteiger partial charge in [-0.15, -0.1) is 0 Å². The van der Waals surface area contributed by atoms with E-state index in [0.717, 1.165) is 48.8 Å². The molecule has 1 aliphatic carbocycles. The van der Waals surface area contributed by atoms with Crippen LogP contribution in [0.2, 0.25) is 5.02 Å². The molecule has 2 aliphatic rings. The number of nitrogens with one attached hydrogen (secondary N) is 1. The van der Waals surface area contributed by atoms with Crippen LogP contribution in [0.15, 0.2) is 48.6 Å². The summed E-state index contributed by atoms with van der Waals surface area (Å²) in [6.07, 6.45) is 10.2. The third-order valence-electron chi connectivity index (χ3n) is 8.41. The minimum atomic E-state index is -1.43. The van der Waals surface area contributed by atoms with Gasteiger partial charge in [-0.05, 0) is 98.7 Å². The Kier molecular flexibility index (Phi) is 10.8. The molecule has 7 heteroatoms. The number of rotatable bonds is 11. The van der Waals surface area contributed by atoms with Crippen LogP contribution >= 0.6 is 11.6 Å². The van der Waals surface area contributed by atoms with Crippen LogP contribution in [0.5, 0.6) is 5.75 Å². The Balaban J connectivity index is 1.66. The molecule has 1 aliphatic heterocycles. The second kappa shape index (κ2) is 14.0. The van der Waals surface area contributed by atoms with Gasteiger partial charge in [-0.25, -0.2) is 4.21 Å². The van der Waals surface area contributed by atoms with Gasteiger partial charge >= 0.3 is 0 Å². The molecule has 0 radical (unpaired) electrons. The molecule has 0 spiro atoms. The summed E-state index contributed by atoms with van der Waals surface area (Å²) in [5, 5.41) is 0.615. The molecule has 1 heterocycles. The van der Waals surface area contributed by atoms with Gasteiger partial charge in [-0.1, -0.05) is 57.0 Å². The minimum Gasteiger partial charge on any atom is -0.491 e. The molecule has 4 rings (SSSR count). The van der Waals surface area contributed by atoms with Crippen LogP contribution in [-0.4, -0.2) is 35.1 Å². The summed E-state index contributed by atoms with van der Waals surface area (Å²) in [6, 6.07) is 11.9. The minimum absolute atomic E-state index is 0.152. The van der Waals surface area contributed by atoms with Crippen LogP contribution in [0, 0.1) is 17.8 Å². The summed E-state index contributed by atoms with van der Waals surface area (Å²) < 4.78 is 21.4. The second-order valence-corrected chi connectivity index (χ2v) is 13.8. The van der Waals surface area contributed by atoms with Crippen LogP contribution in [0.1, 0.15) is 87.7 Å². The topological polar surface area (TPSA) is 58.6 Å². The van der Waals surface area contributed by atoms with E-state index in [1.807, 2.05) is 32.0 Å². The summed E-state index contributed by atoms with van der Waals surface area (Å²) >= 11 is 6.40. The first-order valence-electron chi connectivity index (χ1n) is 14.9. The van der Waals surface area contributed by atoms with Gasteiger partial charge in [0.25, 0.3) is 5.91 Å². The first-order valence-corrected chi connectivity index (χ1v) is 16.5. The molecule has 1 fully saturated rings. The maximum absolute atomic E-state index is 13.0. The Hall–Kier alpha value is -2.31. The molecule has 1 N–H and O–H groups in total. The lowest BCUT2D eigenvalue weighted by atomic mass is 9.67. The van der Waals surface area contributed by atoms with E-state index in [4.69, 9.17) is 16.3 Å². The van der Waals surface area contributed by atoms with Crippen molar-refractivity contribution < 1.29 is 13.7 Å². The molecule has 5 nitrogen and oxygen atoms in total. The number of carbonyl (C=O) groups excluding carboxylic acids is 1. The molecular formula is C33H45ClN2O3S. The van der Waals surface area contributed by atoms with Crippen molar-refractivity contribution in [1.29, 1.82) is 0 Å². The molecule has 1 saturated carbocycles. The quantitative estimate of drug-likeness (QED) is 0.275. The van der Waals surface area contributed by atoms with E-state index in [-0.39, 0.29) is 17.1 Å². The number of allylic oxidation sites excluding steroid dienone is 2. The maximum Gasteiger partial charge on any atom is 0.263 e. The van der Waals surface area contributed by atoms with Gasteiger partial charge in [0, 0.05) is 34.8 Å². The number of halogens is 1. The van der Waals surface area contributed by atoms with Crippen molar-refractivity contribution in [3.8, 4) is 5.75 Å². The normalized spacial score (nSPS) is 22.3. The Morgan fingerprint density at radius 1 is 1.18 bits per heavy atom. The highest BCUT2D eigenvalue weighted by atomic mass is 35.5. The zero-order valence-electron chi connectivity index (χ0n) is 24.6. The summed E-state index contributed by atoms with van der Waals surface area (Å²) in [4.78, 5) is 15.5. The molecule has 5 unspecified atom stereocenters. The van der Waals surface area contributed by atoms with E-state index in [9.17, 15) is 9.00 Å². The van der Waals surface area contributed by atoms with E-state index < -0.39 is 11.0 Å². The Labute approximate surface area is 248 Å². The van der Waals surface area contributed by atoms with Crippen molar-refractivity contribution in [2.45, 2.75) is 77.9 Å². The van der Waals surface area contributed by atoms with E-state index in [1.54, 1.807) is 6.07 Å². The number of hydrogen-bond acceptors (Lipinski definition) is 4. The van der Waals surface area contributed by atoms with E-state index >= 15 is 0 Å². The van der Waals surface area contributed by atoms with Gasteiger partial charge in [0.1, 0.15) is 16.7 Å². The molecular weight excluding hydrogens is 540 g/mol. The number of ether oxygens (including phenoxy) is 1. The third-order valence-corrected chi connectivity index (χ3v) is 9.89. The Morgan fingerprint density at radius 3 is 2.65 bits per heavy atom. The molecule has 5 atom stereocenters. The number of nitrogens with zero attached hydrogens (tertiary/aromatic N) is 1. The van der Waals surface area contributed by atoms with Crippen LogP contribution in [0.3, 0.4) is 0 Å². The smallest absolute Gasteiger partial charge is 0.263 e. The predicted molar refractivity (Wildman–Crippen MR) is 168 cm³/mol. The van der Waals surface area contributed by atoms with Gasteiger partial charge in [-0.2, -0.15) is 0 Å². The Morgan fingerprint density at radius 2 is 1.98 bits per heavy atom. The van der Waals surface area contributed by atoms with Gasteiger partial charge in [0.15, 0.2) is 0 Å². The maximum atomic E-state index is 13.0. The molecule has 2 aromatic rings. The molecule has 2 aromatic carbocycles. The lowest BCUT2D eigenvalue weighted by Crippen LogP contribution is -2.42. The molecule has 0 aromatic heterocycles. The number of benzene rings is 2. The van der Waals surface area contributed by atoms with Crippen LogP contribution in [-0.2, 0) is 17.4 Å². The lowest BCUT2D eigenvalue weighted by Gasteiger charge is -2.43. The van der Waals surface area contributed by atoms with Crippen molar-refractivity contribution in [2.75, 3.05) is 24.6 Å². The van der Waals surface area contributed by atoms with Crippen molar-refractivity contribution >= 4 is 34.2 Å². The fourth-order valence-corrected chi connectivity index (χ4v) is 6.74. The number of aryl methyl sites for hydroxylation is 1. The van der Waals surface area contributed by atoms with Crippen molar-refractivity contribution in [1.82, 2.24) is 4.72 Å². The van der Waals surface area contributed by atoms with Gasteiger partial charge in [0.05, 0.1) is 12.3 Å². The lowest BCUT2D eigenvalue weighted by molar-refractivity contribution is 0.0982.